The Morgan fingerprint density at radius 3 is 2.41 bits per heavy atom. The molecular formula is C17H28N2O3. The van der Waals surface area contributed by atoms with Gasteiger partial charge in [-0.15, -0.1) is 0 Å². The van der Waals surface area contributed by atoms with Crippen LogP contribution in [0.15, 0.2) is 24.3 Å². The number of benzene rings is 1. The van der Waals surface area contributed by atoms with E-state index in [1.165, 1.54) is 0 Å². The summed E-state index contributed by atoms with van der Waals surface area (Å²) in [4.78, 5) is 12.2. The first-order valence-corrected chi connectivity index (χ1v) is 7.81. The zero-order valence-corrected chi connectivity index (χ0v) is 14.0. The molecule has 2 amide bonds. The van der Waals surface area contributed by atoms with Gasteiger partial charge in [-0.1, -0.05) is 32.4 Å². The molecule has 0 radical (unpaired) electrons. The number of amides is 2. The number of hydrogen-bond donors (Lipinski definition) is 3. The first kappa shape index (κ1) is 18.3. The number of aliphatic hydroxyl groups excluding tert-OH is 1. The number of hydrogen-bond acceptors (Lipinski definition) is 3. The predicted molar refractivity (Wildman–Crippen MR) is 88.1 cm³/mol. The van der Waals surface area contributed by atoms with Crippen LogP contribution in [-0.4, -0.2) is 30.4 Å². The number of carbonyl (C=O) groups is 1. The van der Waals surface area contributed by atoms with E-state index in [0.29, 0.717) is 0 Å². The molecule has 0 heterocycles. The molecule has 124 valence electrons. The summed E-state index contributed by atoms with van der Waals surface area (Å²) >= 11 is 0. The number of ether oxygens (including phenoxy) is 1. The highest BCUT2D eigenvalue weighted by molar-refractivity contribution is 5.75. The number of urea groups is 1. The topological polar surface area (TPSA) is 70.6 Å². The summed E-state index contributed by atoms with van der Waals surface area (Å²) in [5.41, 5.74) is 0.441. The monoisotopic (exact) mass is 308 g/mol. The average molecular weight is 308 g/mol. The van der Waals surface area contributed by atoms with Crippen molar-refractivity contribution in [1.29, 1.82) is 0 Å². The minimum Gasteiger partial charge on any atom is -0.497 e. The van der Waals surface area contributed by atoms with Gasteiger partial charge in [0.25, 0.3) is 0 Å². The van der Waals surface area contributed by atoms with Crippen molar-refractivity contribution in [3.63, 3.8) is 0 Å². The maximum atomic E-state index is 12.2. The van der Waals surface area contributed by atoms with Crippen LogP contribution in [0.1, 0.15) is 51.6 Å². The highest BCUT2D eigenvalue weighted by atomic mass is 16.5. The van der Waals surface area contributed by atoms with Crippen LogP contribution in [-0.2, 0) is 0 Å². The van der Waals surface area contributed by atoms with Crippen LogP contribution >= 0.6 is 0 Å². The lowest BCUT2D eigenvalue weighted by molar-refractivity contribution is 0.162. The summed E-state index contributed by atoms with van der Waals surface area (Å²) in [6.07, 6.45) is 2.41. The van der Waals surface area contributed by atoms with Crippen LogP contribution in [0.25, 0.3) is 0 Å². The van der Waals surface area contributed by atoms with Crippen LogP contribution < -0.4 is 15.4 Å². The Morgan fingerprint density at radius 2 is 1.95 bits per heavy atom. The van der Waals surface area contributed by atoms with E-state index < -0.39 is 5.54 Å². The molecule has 1 aromatic rings. The Bertz CT molecular complexity index is 461. The van der Waals surface area contributed by atoms with E-state index in [1.807, 2.05) is 45.0 Å². The van der Waals surface area contributed by atoms with E-state index in [-0.39, 0.29) is 18.7 Å². The second-order valence-electron chi connectivity index (χ2n) is 5.80. The smallest absolute Gasteiger partial charge is 0.315 e. The van der Waals surface area contributed by atoms with E-state index in [2.05, 4.69) is 10.6 Å². The Morgan fingerprint density at radius 1 is 1.32 bits per heavy atom. The summed E-state index contributed by atoms with van der Waals surface area (Å²) in [5, 5.41) is 15.3. The third-order valence-corrected chi connectivity index (χ3v) is 3.80. The molecule has 1 aromatic carbocycles. The molecule has 3 N–H and O–H groups in total. The maximum Gasteiger partial charge on any atom is 0.315 e. The van der Waals surface area contributed by atoms with Gasteiger partial charge in [0.1, 0.15) is 5.75 Å². The zero-order valence-electron chi connectivity index (χ0n) is 14.0. The van der Waals surface area contributed by atoms with E-state index >= 15 is 0 Å². The normalized spacial score (nSPS) is 14.8. The number of aliphatic hydroxyl groups is 1. The molecule has 0 aliphatic rings. The Labute approximate surface area is 133 Å². The van der Waals surface area contributed by atoms with Crippen molar-refractivity contribution < 1.29 is 14.6 Å². The molecular weight excluding hydrogens is 280 g/mol. The van der Waals surface area contributed by atoms with E-state index in [4.69, 9.17) is 4.74 Å². The minimum atomic E-state index is -0.586. The quantitative estimate of drug-likeness (QED) is 0.691. The van der Waals surface area contributed by atoms with Crippen LogP contribution in [0.3, 0.4) is 0 Å². The largest absolute Gasteiger partial charge is 0.497 e. The summed E-state index contributed by atoms with van der Waals surface area (Å²) in [6.45, 7) is 5.82. The molecule has 0 aromatic heterocycles. The summed E-state index contributed by atoms with van der Waals surface area (Å²) < 4.78 is 5.14. The molecule has 2 atom stereocenters. The van der Waals surface area contributed by atoms with E-state index in [0.717, 1.165) is 30.6 Å². The molecule has 0 saturated heterocycles. The second kappa shape index (κ2) is 8.63. The fourth-order valence-corrected chi connectivity index (χ4v) is 2.46. The number of methoxy groups -OCH3 is 1. The van der Waals surface area contributed by atoms with Crippen molar-refractivity contribution in [3.8, 4) is 5.75 Å². The van der Waals surface area contributed by atoms with Crippen molar-refractivity contribution in [1.82, 2.24) is 10.6 Å². The lowest BCUT2D eigenvalue weighted by Gasteiger charge is -2.29. The van der Waals surface area contributed by atoms with Crippen molar-refractivity contribution in [2.45, 2.75) is 51.6 Å². The summed E-state index contributed by atoms with van der Waals surface area (Å²) in [7, 11) is 1.63. The van der Waals surface area contributed by atoms with Crippen LogP contribution in [0.4, 0.5) is 4.79 Å². The first-order valence-electron chi connectivity index (χ1n) is 7.81. The molecule has 0 spiro atoms. The summed E-state index contributed by atoms with van der Waals surface area (Å²) in [6, 6.07) is 7.33. The standard InChI is InChI=1S/C17H28N2O3/c1-5-11-17(3,12-20)19-16(21)18-15(6-2)13-7-9-14(22-4)10-8-13/h7-10,15,20H,5-6,11-12H2,1-4H3,(H2,18,19,21). The van der Waals surface area contributed by atoms with Crippen LogP contribution in [0.5, 0.6) is 5.75 Å². The fourth-order valence-electron chi connectivity index (χ4n) is 2.46. The second-order valence-corrected chi connectivity index (χ2v) is 5.80. The lowest BCUT2D eigenvalue weighted by atomic mass is 9.97. The number of nitrogens with one attached hydrogen (secondary N) is 2. The lowest BCUT2D eigenvalue weighted by Crippen LogP contribution is -2.53. The molecule has 0 aliphatic heterocycles. The van der Waals surface area contributed by atoms with Crippen LogP contribution in [0, 0.1) is 0 Å². The first-order chi connectivity index (χ1) is 10.5. The van der Waals surface area contributed by atoms with Crippen molar-refractivity contribution in [2.24, 2.45) is 0 Å². The van der Waals surface area contributed by atoms with Gasteiger partial charge in [0, 0.05) is 0 Å². The van der Waals surface area contributed by atoms with Gasteiger partial charge in [-0.3, -0.25) is 0 Å². The zero-order chi connectivity index (χ0) is 16.6. The summed E-state index contributed by atoms with van der Waals surface area (Å²) in [5.74, 6) is 0.791. The molecule has 22 heavy (non-hydrogen) atoms. The van der Waals surface area contributed by atoms with Crippen LogP contribution in [0.2, 0.25) is 0 Å². The van der Waals surface area contributed by atoms with Gasteiger partial charge < -0.3 is 20.5 Å². The maximum absolute atomic E-state index is 12.2. The number of rotatable bonds is 8. The van der Waals surface area contributed by atoms with Gasteiger partial charge in [-0.2, -0.15) is 0 Å². The van der Waals surface area contributed by atoms with Gasteiger partial charge in [-0.25, -0.2) is 4.79 Å². The molecule has 5 nitrogen and oxygen atoms in total. The highest BCUT2D eigenvalue weighted by Gasteiger charge is 2.25. The third-order valence-electron chi connectivity index (χ3n) is 3.80. The van der Waals surface area contributed by atoms with E-state index in [9.17, 15) is 9.90 Å². The molecule has 1 rings (SSSR count). The molecule has 0 bridgehead atoms. The Balaban J connectivity index is 2.70. The number of carbonyl (C=O) groups excluding carboxylic acids is 1. The average Bonchev–Trinajstić information content (AvgIpc) is 2.53. The fraction of sp³-hybridized carbons (Fsp3) is 0.588. The van der Waals surface area contributed by atoms with Gasteiger partial charge in [0.2, 0.25) is 0 Å². The van der Waals surface area contributed by atoms with Crippen molar-refractivity contribution >= 4 is 6.03 Å². The third kappa shape index (κ3) is 5.22. The minimum absolute atomic E-state index is 0.0736. The molecule has 0 fully saturated rings. The van der Waals surface area contributed by atoms with E-state index in [1.54, 1.807) is 7.11 Å². The molecule has 0 aliphatic carbocycles. The highest BCUT2D eigenvalue weighted by Crippen LogP contribution is 2.20. The Kier molecular flexibility index (Phi) is 7.18. The van der Waals surface area contributed by atoms with Crippen molar-refractivity contribution in [3.05, 3.63) is 29.8 Å². The van der Waals surface area contributed by atoms with Gasteiger partial charge in [0.15, 0.2) is 0 Å². The van der Waals surface area contributed by atoms with Gasteiger partial charge in [0.05, 0.1) is 25.3 Å². The predicted octanol–water partition coefficient (Wildman–Crippen LogP) is 3.00. The molecule has 0 saturated carbocycles. The Hall–Kier alpha value is -1.75. The molecule has 2 unspecified atom stereocenters. The molecule has 5 heteroatoms. The SMILES string of the molecule is CCCC(C)(CO)NC(=O)NC(CC)c1ccc(OC)cc1. The van der Waals surface area contributed by atoms with Gasteiger partial charge >= 0.3 is 6.03 Å². The van der Waals surface area contributed by atoms with Gasteiger partial charge in [-0.05, 0) is 37.5 Å². The van der Waals surface area contributed by atoms with Crippen molar-refractivity contribution in [2.75, 3.05) is 13.7 Å².